The smallest absolute Gasteiger partial charge is 0.187 e. The topological polar surface area (TPSA) is 287 Å². The number of aliphatic hydroxyl groups is 11. The van der Waals surface area contributed by atoms with E-state index in [2.05, 4.69) is 41.5 Å². The first-order chi connectivity index (χ1) is 30.6. The van der Waals surface area contributed by atoms with Crippen LogP contribution in [0.3, 0.4) is 0 Å². The van der Waals surface area contributed by atoms with Gasteiger partial charge in [0, 0.05) is 6.42 Å². The summed E-state index contributed by atoms with van der Waals surface area (Å²) < 4.78 is 44.2. The summed E-state index contributed by atoms with van der Waals surface area (Å²) in [6.07, 6.45) is -19.8. The molecule has 11 N–H and O–H groups in total. The van der Waals surface area contributed by atoms with E-state index in [9.17, 15) is 56.2 Å². The van der Waals surface area contributed by atoms with E-state index in [4.69, 9.17) is 33.2 Å². The first-order valence-corrected chi connectivity index (χ1v) is 24.6. The third kappa shape index (κ3) is 7.99. The number of fused-ring (bicyclic) bond motifs is 5. The van der Waals surface area contributed by atoms with Crippen LogP contribution in [0.1, 0.15) is 121 Å². The minimum absolute atomic E-state index is 0.0211. The molecule has 27 atom stereocenters. The quantitative estimate of drug-likeness (QED) is 0.145. The van der Waals surface area contributed by atoms with Crippen LogP contribution in [0.5, 0.6) is 0 Å². The van der Waals surface area contributed by atoms with Crippen LogP contribution < -0.4 is 0 Å². The SMILES string of the molecule is C[C@@H]1O[C@@H](O[C@H]2[C@H](O[C@H]3CC[C@]4(C)[C@H]5C[C@@H](O)[C@@H]6[C@@H]([C@]7(C)C[C@H](O)[C@@H](O)C(C)(C)O7)CC[C@@]6(C)[C@]5(C)CC[C@H]4C3(C)C)O[C@H](CO)[C@@H](O)[C@@H]2O[C@@H]2O[C@@H](C)[C@H](O)[C@@H](O)[C@H]2O)[C@H](O)[C@H](O)[C@H]1O. The monoisotopic (exact) mass is 947 g/mol. The lowest BCUT2D eigenvalue weighted by Gasteiger charge is -2.71. The van der Waals surface area contributed by atoms with Crippen molar-refractivity contribution in [3.05, 3.63) is 0 Å². The summed E-state index contributed by atoms with van der Waals surface area (Å²) in [6, 6.07) is 0. The molecule has 0 aromatic heterocycles. The number of ether oxygens (including phenoxy) is 7. The molecule has 382 valence electrons. The zero-order valence-electron chi connectivity index (χ0n) is 40.4. The largest absolute Gasteiger partial charge is 0.394 e. The summed E-state index contributed by atoms with van der Waals surface area (Å²) in [5.74, 6) is 0.144. The lowest BCUT2D eigenvalue weighted by molar-refractivity contribution is -0.397. The number of rotatable bonds is 8. The molecule has 8 fully saturated rings. The molecule has 4 aliphatic heterocycles. The Bertz CT molecular complexity index is 1720. The van der Waals surface area contributed by atoms with Gasteiger partial charge in [-0.05, 0) is 125 Å². The van der Waals surface area contributed by atoms with Crippen molar-refractivity contribution in [1.29, 1.82) is 0 Å². The van der Waals surface area contributed by atoms with Crippen LogP contribution >= 0.6 is 0 Å². The van der Waals surface area contributed by atoms with E-state index in [1.54, 1.807) is 0 Å². The minimum atomic E-state index is -1.77. The third-order valence-corrected chi connectivity index (χ3v) is 19.6. The average Bonchev–Trinajstić information content (AvgIpc) is 3.63. The van der Waals surface area contributed by atoms with Gasteiger partial charge in [0.25, 0.3) is 0 Å². The molecule has 4 heterocycles. The second kappa shape index (κ2) is 17.8. The molecule has 0 aromatic rings. The Morgan fingerprint density at radius 1 is 0.545 bits per heavy atom. The van der Waals surface area contributed by atoms with Gasteiger partial charge in [0.15, 0.2) is 18.9 Å². The molecule has 18 nitrogen and oxygen atoms in total. The van der Waals surface area contributed by atoms with Gasteiger partial charge in [-0.25, -0.2) is 0 Å². The van der Waals surface area contributed by atoms with Crippen molar-refractivity contribution < 1.29 is 89.3 Å². The maximum atomic E-state index is 12.5. The van der Waals surface area contributed by atoms with Crippen molar-refractivity contribution >= 4 is 0 Å². The van der Waals surface area contributed by atoms with Crippen LogP contribution in [-0.2, 0) is 33.2 Å². The summed E-state index contributed by atoms with van der Waals surface area (Å²) in [5, 5.41) is 121. The fraction of sp³-hybridized carbons (Fsp3) is 1.00. The molecule has 0 amide bonds. The van der Waals surface area contributed by atoms with Crippen LogP contribution in [0.15, 0.2) is 0 Å². The summed E-state index contributed by atoms with van der Waals surface area (Å²) >= 11 is 0. The molecular formula is C48H82O18. The molecule has 4 aliphatic carbocycles. The highest BCUT2D eigenvalue weighted by Gasteiger charge is 2.72. The van der Waals surface area contributed by atoms with E-state index in [1.807, 2.05) is 13.8 Å². The Labute approximate surface area is 388 Å². The number of hydrogen-bond donors (Lipinski definition) is 11. The second-order valence-electron chi connectivity index (χ2n) is 24.0. The van der Waals surface area contributed by atoms with Crippen molar-refractivity contribution in [3.63, 3.8) is 0 Å². The van der Waals surface area contributed by atoms with E-state index >= 15 is 0 Å². The molecule has 4 saturated heterocycles. The number of hydrogen-bond acceptors (Lipinski definition) is 18. The van der Waals surface area contributed by atoms with Gasteiger partial charge in [0.1, 0.15) is 67.1 Å². The highest BCUT2D eigenvalue weighted by atomic mass is 16.8. The first kappa shape index (κ1) is 51.6. The van der Waals surface area contributed by atoms with Gasteiger partial charge in [-0.2, -0.15) is 0 Å². The van der Waals surface area contributed by atoms with E-state index in [-0.39, 0.29) is 39.9 Å². The second-order valence-corrected chi connectivity index (χ2v) is 24.0. The summed E-state index contributed by atoms with van der Waals surface area (Å²) in [6.45, 7) is 19.5. The van der Waals surface area contributed by atoms with E-state index in [1.165, 1.54) is 13.8 Å². The van der Waals surface area contributed by atoms with E-state index in [0.29, 0.717) is 19.3 Å². The third-order valence-electron chi connectivity index (χ3n) is 19.6. The van der Waals surface area contributed by atoms with Crippen LogP contribution in [0.25, 0.3) is 0 Å². The van der Waals surface area contributed by atoms with Gasteiger partial charge in [-0.15, -0.1) is 0 Å². The summed E-state index contributed by atoms with van der Waals surface area (Å²) in [5.41, 5.74) is -2.86. The molecule has 18 heteroatoms. The van der Waals surface area contributed by atoms with Gasteiger partial charge in [0.05, 0.1) is 48.3 Å². The van der Waals surface area contributed by atoms with E-state index in [0.717, 1.165) is 32.1 Å². The standard InChI is InChI=1S/C48H82O18/c1-20-30(52)33(55)35(57)40(60-20)64-37-32(54)25(19-49)62-42(38(37)65-41-36(58)34(56)31(53)21(2)61-41)63-28-13-14-45(7)26(43(28,3)4)12-16-46(8)27(45)17-23(50)29-22(11-15-47(29,46)9)48(10)18-24(51)39(59)44(5,6)66-48/h20-42,49-59H,11-19H2,1-10H3/t20-,21-,22-,23+,24-,25+,26-,27+,28-,29-,30-,31-,32+,33+,34+,35+,36+,37-,38+,39+,40-,41-,42-,45-,46+,47+,48-/m0/s1. The van der Waals surface area contributed by atoms with E-state index < -0.39 is 140 Å². The predicted octanol–water partition coefficient (Wildman–Crippen LogP) is 0.210. The Kier molecular flexibility index (Phi) is 13.9. The normalized spacial score (nSPS) is 58.2. The number of aliphatic hydroxyl groups excluding tert-OH is 11. The van der Waals surface area contributed by atoms with Gasteiger partial charge < -0.3 is 89.3 Å². The molecule has 4 saturated carbocycles. The molecule has 66 heavy (non-hydrogen) atoms. The molecule has 0 unspecified atom stereocenters. The van der Waals surface area contributed by atoms with Crippen LogP contribution in [0.2, 0.25) is 0 Å². The molecule has 8 rings (SSSR count). The zero-order chi connectivity index (χ0) is 48.6. The van der Waals surface area contributed by atoms with Crippen LogP contribution in [-0.4, -0.2) is 191 Å². The maximum Gasteiger partial charge on any atom is 0.187 e. The molecule has 0 aromatic carbocycles. The molecule has 0 bridgehead atoms. The summed E-state index contributed by atoms with van der Waals surface area (Å²) in [4.78, 5) is 0. The highest BCUT2D eigenvalue weighted by molar-refractivity contribution is 5.21. The van der Waals surface area contributed by atoms with Crippen molar-refractivity contribution in [2.45, 2.75) is 248 Å². The first-order valence-electron chi connectivity index (χ1n) is 24.6. The predicted molar refractivity (Wildman–Crippen MR) is 232 cm³/mol. The van der Waals surface area contributed by atoms with Crippen LogP contribution in [0, 0.1) is 45.3 Å². The van der Waals surface area contributed by atoms with Gasteiger partial charge in [-0.3, -0.25) is 0 Å². The van der Waals surface area contributed by atoms with Crippen molar-refractivity contribution in [2.24, 2.45) is 45.3 Å². The van der Waals surface area contributed by atoms with Crippen LogP contribution in [0.4, 0.5) is 0 Å². The Hall–Kier alpha value is -0.720. The lowest BCUT2D eigenvalue weighted by atomic mass is 9.35. The average molecular weight is 947 g/mol. The Morgan fingerprint density at radius 2 is 1.11 bits per heavy atom. The Morgan fingerprint density at radius 3 is 1.67 bits per heavy atom. The Balaban J connectivity index is 1.07. The molecule has 0 spiro atoms. The minimum Gasteiger partial charge on any atom is -0.394 e. The highest BCUT2D eigenvalue weighted by Crippen LogP contribution is 2.76. The fourth-order valence-corrected chi connectivity index (χ4v) is 15.8. The molecule has 8 aliphatic rings. The van der Waals surface area contributed by atoms with Gasteiger partial charge >= 0.3 is 0 Å². The molecule has 0 radical (unpaired) electrons. The zero-order valence-corrected chi connectivity index (χ0v) is 40.4. The van der Waals surface area contributed by atoms with Gasteiger partial charge in [-0.1, -0.05) is 34.6 Å². The fourth-order valence-electron chi connectivity index (χ4n) is 15.8. The van der Waals surface area contributed by atoms with Crippen molar-refractivity contribution in [1.82, 2.24) is 0 Å². The lowest BCUT2D eigenvalue weighted by Crippen LogP contribution is -2.69. The van der Waals surface area contributed by atoms with Gasteiger partial charge in [0.2, 0.25) is 0 Å². The maximum absolute atomic E-state index is 12.5. The molecular weight excluding hydrogens is 865 g/mol. The van der Waals surface area contributed by atoms with Crippen molar-refractivity contribution in [2.75, 3.05) is 6.61 Å². The summed E-state index contributed by atoms with van der Waals surface area (Å²) in [7, 11) is 0. The van der Waals surface area contributed by atoms with Crippen molar-refractivity contribution in [3.8, 4) is 0 Å².